The number of nitrogens with zero attached hydrogens (tertiary/aromatic N) is 1. The summed E-state index contributed by atoms with van der Waals surface area (Å²) in [6, 6.07) is 7.35. The van der Waals surface area contributed by atoms with Gasteiger partial charge in [0.05, 0.1) is 6.61 Å². The average Bonchev–Trinajstić information content (AvgIpc) is 2.85. The monoisotopic (exact) mass is 295 g/mol. The van der Waals surface area contributed by atoms with Crippen molar-refractivity contribution in [2.24, 2.45) is 0 Å². The predicted molar refractivity (Wildman–Crippen MR) is 74.2 cm³/mol. The van der Waals surface area contributed by atoms with E-state index in [9.17, 15) is 0 Å². The summed E-state index contributed by atoms with van der Waals surface area (Å²) in [7, 11) is 0. The Kier molecular flexibility index (Phi) is 3.49. The summed E-state index contributed by atoms with van der Waals surface area (Å²) in [4.78, 5) is 3.96. The highest BCUT2D eigenvalue weighted by molar-refractivity contribution is 6.31. The van der Waals surface area contributed by atoms with Gasteiger partial charge < -0.3 is 9.47 Å². The lowest BCUT2D eigenvalue weighted by molar-refractivity contribution is 0.291. The molecular weight excluding hydrogens is 285 g/mol. The van der Waals surface area contributed by atoms with Crippen LogP contribution in [0.4, 0.5) is 0 Å². The molecule has 2 aromatic rings. The van der Waals surface area contributed by atoms with Crippen LogP contribution in [-0.2, 0) is 13.0 Å². The second kappa shape index (κ2) is 5.27. The smallest absolute Gasteiger partial charge is 0.171 e. The lowest BCUT2D eigenvalue weighted by atomic mass is 10.1. The third-order valence-electron chi connectivity index (χ3n) is 2.93. The van der Waals surface area contributed by atoms with Crippen molar-refractivity contribution in [2.75, 3.05) is 6.61 Å². The number of benzene rings is 1. The third kappa shape index (κ3) is 2.62. The van der Waals surface area contributed by atoms with E-state index in [0.717, 1.165) is 23.3 Å². The minimum absolute atomic E-state index is 0.349. The SMILES string of the molecule is Clc1cc2c(c(COc3cccnc3Cl)c1)OCC2. The molecule has 3 rings (SSSR count). The van der Waals surface area contributed by atoms with Gasteiger partial charge in [-0.3, -0.25) is 0 Å². The number of pyridine rings is 1. The molecule has 1 aliphatic heterocycles. The lowest BCUT2D eigenvalue weighted by Crippen LogP contribution is -1.99. The molecule has 1 aromatic heterocycles. The number of halogens is 2. The van der Waals surface area contributed by atoms with E-state index in [1.165, 1.54) is 0 Å². The van der Waals surface area contributed by atoms with Crippen molar-refractivity contribution in [1.82, 2.24) is 4.98 Å². The van der Waals surface area contributed by atoms with Crippen molar-refractivity contribution in [3.05, 3.63) is 51.8 Å². The summed E-state index contributed by atoms with van der Waals surface area (Å²) in [6.07, 6.45) is 2.51. The summed E-state index contributed by atoms with van der Waals surface area (Å²) >= 11 is 12.0. The first kappa shape index (κ1) is 12.6. The Bertz CT molecular complexity index is 616. The van der Waals surface area contributed by atoms with Crippen molar-refractivity contribution >= 4 is 23.2 Å². The number of ether oxygens (including phenoxy) is 2. The summed E-state index contributed by atoms with van der Waals surface area (Å²) in [5, 5.41) is 1.04. The Morgan fingerprint density at radius 2 is 2.21 bits per heavy atom. The molecule has 19 heavy (non-hydrogen) atoms. The zero-order valence-electron chi connectivity index (χ0n) is 10.0. The van der Waals surface area contributed by atoms with Gasteiger partial charge in [-0.05, 0) is 29.8 Å². The molecular formula is C14H11Cl2NO2. The van der Waals surface area contributed by atoms with Crippen molar-refractivity contribution in [1.29, 1.82) is 0 Å². The molecule has 0 spiro atoms. The first-order valence-electron chi connectivity index (χ1n) is 5.91. The Hall–Kier alpha value is -1.45. The number of rotatable bonds is 3. The summed E-state index contributed by atoms with van der Waals surface area (Å²) in [6.45, 7) is 1.05. The lowest BCUT2D eigenvalue weighted by Gasteiger charge is -2.11. The molecule has 0 aliphatic carbocycles. The first-order chi connectivity index (χ1) is 9.24. The van der Waals surface area contributed by atoms with Crippen molar-refractivity contribution in [2.45, 2.75) is 13.0 Å². The van der Waals surface area contributed by atoms with E-state index in [4.69, 9.17) is 32.7 Å². The fraction of sp³-hybridized carbons (Fsp3) is 0.214. The van der Waals surface area contributed by atoms with Crippen molar-refractivity contribution in [3.63, 3.8) is 0 Å². The Morgan fingerprint density at radius 3 is 3.05 bits per heavy atom. The van der Waals surface area contributed by atoms with Crippen LogP contribution in [0.2, 0.25) is 10.2 Å². The van der Waals surface area contributed by atoms with Gasteiger partial charge in [-0.1, -0.05) is 23.2 Å². The molecule has 0 unspecified atom stereocenters. The van der Waals surface area contributed by atoms with E-state index in [-0.39, 0.29) is 0 Å². The molecule has 98 valence electrons. The fourth-order valence-corrected chi connectivity index (χ4v) is 2.52. The molecule has 0 radical (unpaired) electrons. The number of fused-ring (bicyclic) bond motifs is 1. The van der Waals surface area contributed by atoms with E-state index in [0.29, 0.717) is 29.1 Å². The molecule has 0 fully saturated rings. The summed E-state index contributed by atoms with van der Waals surface area (Å²) < 4.78 is 11.3. The molecule has 5 heteroatoms. The van der Waals surface area contributed by atoms with Crippen molar-refractivity contribution in [3.8, 4) is 11.5 Å². The van der Waals surface area contributed by atoms with Gasteiger partial charge in [0.1, 0.15) is 12.4 Å². The molecule has 0 bridgehead atoms. The van der Waals surface area contributed by atoms with Crippen LogP contribution in [0.3, 0.4) is 0 Å². The Labute approximate surface area is 121 Å². The fourth-order valence-electron chi connectivity index (χ4n) is 2.09. The van der Waals surface area contributed by atoms with Crippen LogP contribution in [0, 0.1) is 0 Å². The summed E-state index contributed by atoms with van der Waals surface area (Å²) in [5.41, 5.74) is 2.06. The molecule has 0 saturated carbocycles. The quantitative estimate of drug-likeness (QED) is 0.805. The van der Waals surface area contributed by atoms with Gasteiger partial charge in [0.15, 0.2) is 10.9 Å². The summed E-state index contributed by atoms with van der Waals surface area (Å²) in [5.74, 6) is 1.43. The van der Waals surface area contributed by atoms with Crippen molar-refractivity contribution < 1.29 is 9.47 Å². The average molecular weight is 296 g/mol. The van der Waals surface area contributed by atoms with Crippen LogP contribution < -0.4 is 9.47 Å². The largest absolute Gasteiger partial charge is 0.493 e. The van der Waals surface area contributed by atoms with Crippen LogP contribution >= 0.6 is 23.2 Å². The predicted octanol–water partition coefficient (Wildman–Crippen LogP) is 3.90. The minimum atomic E-state index is 0.349. The molecule has 1 aliphatic rings. The topological polar surface area (TPSA) is 31.4 Å². The minimum Gasteiger partial charge on any atom is -0.493 e. The second-order valence-corrected chi connectivity index (χ2v) is 5.03. The normalized spacial score (nSPS) is 12.9. The highest BCUT2D eigenvalue weighted by Gasteiger charge is 2.18. The maximum absolute atomic E-state index is 6.09. The maximum Gasteiger partial charge on any atom is 0.171 e. The molecule has 0 atom stereocenters. The van der Waals surface area contributed by atoms with Gasteiger partial charge in [-0.15, -0.1) is 0 Å². The molecule has 0 saturated heterocycles. The van der Waals surface area contributed by atoms with E-state index >= 15 is 0 Å². The number of aromatic nitrogens is 1. The van der Waals surface area contributed by atoms with Crippen LogP contribution in [0.15, 0.2) is 30.5 Å². The second-order valence-electron chi connectivity index (χ2n) is 4.23. The van der Waals surface area contributed by atoms with Gasteiger partial charge in [0.2, 0.25) is 0 Å². The van der Waals surface area contributed by atoms with Crippen LogP contribution in [0.1, 0.15) is 11.1 Å². The highest BCUT2D eigenvalue weighted by Crippen LogP contribution is 2.34. The molecule has 1 aromatic carbocycles. The van der Waals surface area contributed by atoms with Gasteiger partial charge in [-0.2, -0.15) is 0 Å². The highest BCUT2D eigenvalue weighted by atomic mass is 35.5. The standard InChI is InChI=1S/C14H11Cl2NO2/c15-11-6-9-3-5-18-13(9)10(7-11)8-19-12-2-1-4-17-14(12)16/h1-2,4,6-7H,3,5,8H2. The van der Waals surface area contributed by atoms with E-state index in [1.54, 1.807) is 18.3 Å². The van der Waals surface area contributed by atoms with Gasteiger partial charge in [0, 0.05) is 23.2 Å². The van der Waals surface area contributed by atoms with Crippen LogP contribution in [-0.4, -0.2) is 11.6 Å². The molecule has 3 nitrogen and oxygen atoms in total. The van der Waals surface area contributed by atoms with Gasteiger partial charge in [-0.25, -0.2) is 4.98 Å². The zero-order chi connectivity index (χ0) is 13.2. The zero-order valence-corrected chi connectivity index (χ0v) is 11.5. The molecule has 2 heterocycles. The first-order valence-corrected chi connectivity index (χ1v) is 6.67. The van der Waals surface area contributed by atoms with E-state index in [2.05, 4.69) is 4.98 Å². The number of hydrogen-bond acceptors (Lipinski definition) is 3. The van der Waals surface area contributed by atoms with Crippen LogP contribution in [0.5, 0.6) is 11.5 Å². The third-order valence-corrected chi connectivity index (χ3v) is 3.44. The maximum atomic E-state index is 6.09. The van der Waals surface area contributed by atoms with Gasteiger partial charge in [0.25, 0.3) is 0 Å². The van der Waals surface area contributed by atoms with E-state index in [1.807, 2.05) is 12.1 Å². The van der Waals surface area contributed by atoms with Gasteiger partial charge >= 0.3 is 0 Å². The Balaban J connectivity index is 1.83. The van der Waals surface area contributed by atoms with E-state index < -0.39 is 0 Å². The molecule has 0 amide bonds. The Morgan fingerprint density at radius 1 is 1.32 bits per heavy atom. The number of hydrogen-bond donors (Lipinski definition) is 0. The van der Waals surface area contributed by atoms with Crippen LogP contribution in [0.25, 0.3) is 0 Å². The molecule has 0 N–H and O–H groups in total.